The molecule has 3 heterocycles. The van der Waals surface area contributed by atoms with Gasteiger partial charge < -0.3 is 4.57 Å². The van der Waals surface area contributed by atoms with Crippen LogP contribution in [0.3, 0.4) is 0 Å². The Balaban J connectivity index is 2.17. The predicted octanol–water partition coefficient (Wildman–Crippen LogP) is 1.93. The molecule has 0 bridgehead atoms. The van der Waals surface area contributed by atoms with E-state index < -0.39 is 0 Å². The number of aromatic nitrogens is 4. The molecule has 0 saturated carbocycles. The third-order valence-electron chi connectivity index (χ3n) is 3.23. The van der Waals surface area contributed by atoms with Gasteiger partial charge in [-0.25, -0.2) is 15.0 Å². The van der Waals surface area contributed by atoms with Crippen molar-refractivity contribution in [2.45, 2.75) is 19.4 Å². The number of nitrogens with zero attached hydrogens (tertiary/aromatic N) is 4. The second-order valence-corrected chi connectivity index (χ2v) is 4.21. The minimum absolute atomic E-state index is 0.997. The largest absolute Gasteiger partial charge is 0.328 e. The lowest BCUT2D eigenvalue weighted by atomic mass is 10.2. The molecule has 0 spiro atoms. The SMILES string of the molecule is c1ncc2cc3nc4n(c3cc2n1)CCC4. The number of imidazole rings is 1. The highest BCUT2D eigenvalue weighted by Gasteiger charge is 2.16. The van der Waals surface area contributed by atoms with E-state index in [0.717, 1.165) is 29.4 Å². The molecule has 0 amide bonds. The average molecular weight is 210 g/mol. The maximum absolute atomic E-state index is 4.65. The monoisotopic (exact) mass is 210 g/mol. The summed E-state index contributed by atoms with van der Waals surface area (Å²) in [6.45, 7) is 1.09. The summed E-state index contributed by atoms with van der Waals surface area (Å²) in [5, 5.41) is 1.06. The lowest BCUT2D eigenvalue weighted by Crippen LogP contribution is -1.91. The summed E-state index contributed by atoms with van der Waals surface area (Å²) in [6.07, 6.45) is 5.73. The lowest BCUT2D eigenvalue weighted by Gasteiger charge is -1.99. The Kier molecular flexibility index (Phi) is 1.43. The van der Waals surface area contributed by atoms with E-state index in [4.69, 9.17) is 0 Å². The van der Waals surface area contributed by atoms with Gasteiger partial charge in [-0.1, -0.05) is 0 Å². The van der Waals surface area contributed by atoms with Crippen LogP contribution in [0.2, 0.25) is 0 Å². The molecule has 4 heteroatoms. The zero-order valence-corrected chi connectivity index (χ0v) is 8.72. The lowest BCUT2D eigenvalue weighted by molar-refractivity contribution is 0.771. The van der Waals surface area contributed by atoms with Gasteiger partial charge in [-0.15, -0.1) is 0 Å². The molecule has 16 heavy (non-hydrogen) atoms. The fourth-order valence-electron chi connectivity index (χ4n) is 2.49. The van der Waals surface area contributed by atoms with Gasteiger partial charge in [0.2, 0.25) is 0 Å². The van der Waals surface area contributed by atoms with Crippen molar-refractivity contribution >= 4 is 21.9 Å². The van der Waals surface area contributed by atoms with E-state index >= 15 is 0 Å². The normalized spacial score (nSPS) is 14.8. The number of hydrogen-bond donors (Lipinski definition) is 0. The highest BCUT2D eigenvalue weighted by Crippen LogP contribution is 2.25. The number of benzene rings is 1. The standard InChI is InChI=1S/C12H10N4/c1-2-12-15-10-4-8-6-13-7-14-9(8)5-11(10)16(12)3-1/h4-7H,1-3H2. The van der Waals surface area contributed by atoms with Crippen molar-refractivity contribution in [1.29, 1.82) is 0 Å². The van der Waals surface area contributed by atoms with Gasteiger partial charge in [-0.3, -0.25) is 0 Å². The summed E-state index contributed by atoms with van der Waals surface area (Å²) in [4.78, 5) is 13.0. The van der Waals surface area contributed by atoms with Gasteiger partial charge in [0.25, 0.3) is 0 Å². The molecule has 0 aliphatic carbocycles. The first-order valence-corrected chi connectivity index (χ1v) is 5.51. The fourth-order valence-corrected chi connectivity index (χ4v) is 2.49. The van der Waals surface area contributed by atoms with E-state index in [1.54, 1.807) is 6.33 Å². The topological polar surface area (TPSA) is 43.6 Å². The van der Waals surface area contributed by atoms with Gasteiger partial charge in [-0.05, 0) is 18.6 Å². The second-order valence-electron chi connectivity index (χ2n) is 4.21. The summed E-state index contributed by atoms with van der Waals surface area (Å²) in [5.41, 5.74) is 3.27. The van der Waals surface area contributed by atoms with Gasteiger partial charge >= 0.3 is 0 Å². The highest BCUT2D eigenvalue weighted by molar-refractivity contribution is 5.93. The third-order valence-corrected chi connectivity index (χ3v) is 3.23. The van der Waals surface area contributed by atoms with Gasteiger partial charge in [0.15, 0.2) is 0 Å². The smallest absolute Gasteiger partial charge is 0.116 e. The number of aryl methyl sites for hydroxylation is 2. The molecular formula is C12H10N4. The number of fused-ring (bicyclic) bond motifs is 4. The van der Waals surface area contributed by atoms with Gasteiger partial charge in [0.05, 0.1) is 16.6 Å². The first-order valence-electron chi connectivity index (χ1n) is 5.51. The zero-order valence-electron chi connectivity index (χ0n) is 8.72. The highest BCUT2D eigenvalue weighted by atomic mass is 15.1. The minimum Gasteiger partial charge on any atom is -0.328 e. The van der Waals surface area contributed by atoms with Crippen LogP contribution in [-0.4, -0.2) is 19.5 Å². The Morgan fingerprint density at radius 1 is 1.19 bits per heavy atom. The molecule has 1 aliphatic heterocycles. The Labute approximate surface area is 92.0 Å². The molecule has 1 aromatic carbocycles. The van der Waals surface area contributed by atoms with Crippen LogP contribution in [0.15, 0.2) is 24.7 Å². The van der Waals surface area contributed by atoms with Gasteiger partial charge in [-0.2, -0.15) is 0 Å². The van der Waals surface area contributed by atoms with E-state index in [0.29, 0.717) is 0 Å². The van der Waals surface area contributed by atoms with Crippen molar-refractivity contribution in [3.05, 3.63) is 30.5 Å². The molecular weight excluding hydrogens is 200 g/mol. The van der Waals surface area contributed by atoms with Gasteiger partial charge in [0, 0.05) is 24.5 Å². The van der Waals surface area contributed by atoms with E-state index in [9.17, 15) is 0 Å². The van der Waals surface area contributed by atoms with Crippen LogP contribution in [0.1, 0.15) is 12.2 Å². The van der Waals surface area contributed by atoms with E-state index in [1.807, 2.05) is 6.20 Å². The molecule has 0 unspecified atom stereocenters. The number of rotatable bonds is 0. The van der Waals surface area contributed by atoms with Crippen LogP contribution >= 0.6 is 0 Å². The quantitative estimate of drug-likeness (QED) is 0.569. The molecule has 0 fully saturated rings. The van der Waals surface area contributed by atoms with Crippen LogP contribution in [0.4, 0.5) is 0 Å². The maximum atomic E-state index is 4.65. The van der Waals surface area contributed by atoms with Crippen molar-refractivity contribution in [1.82, 2.24) is 19.5 Å². The molecule has 4 rings (SSSR count). The summed E-state index contributed by atoms with van der Waals surface area (Å²) in [6, 6.07) is 4.20. The van der Waals surface area contributed by atoms with Crippen LogP contribution in [0.25, 0.3) is 21.9 Å². The predicted molar refractivity (Wildman–Crippen MR) is 61.2 cm³/mol. The van der Waals surface area contributed by atoms with Crippen molar-refractivity contribution in [3.63, 3.8) is 0 Å². The van der Waals surface area contributed by atoms with Crippen LogP contribution in [0, 0.1) is 0 Å². The summed E-state index contributed by atoms with van der Waals surface area (Å²) < 4.78 is 2.30. The Morgan fingerprint density at radius 3 is 3.19 bits per heavy atom. The average Bonchev–Trinajstić information content (AvgIpc) is 2.86. The summed E-state index contributed by atoms with van der Waals surface area (Å²) >= 11 is 0. The molecule has 1 aliphatic rings. The fraction of sp³-hybridized carbons (Fsp3) is 0.250. The Morgan fingerprint density at radius 2 is 2.19 bits per heavy atom. The molecule has 0 atom stereocenters. The van der Waals surface area contributed by atoms with E-state index in [2.05, 4.69) is 31.7 Å². The third kappa shape index (κ3) is 0.961. The van der Waals surface area contributed by atoms with Crippen LogP contribution in [0.5, 0.6) is 0 Å². The minimum atomic E-state index is 0.997. The second kappa shape index (κ2) is 2.78. The first-order chi connectivity index (χ1) is 7.92. The van der Waals surface area contributed by atoms with Crippen LogP contribution < -0.4 is 0 Å². The molecule has 3 aromatic rings. The van der Waals surface area contributed by atoms with Crippen molar-refractivity contribution in [3.8, 4) is 0 Å². The molecule has 0 N–H and O–H groups in total. The molecule has 4 nitrogen and oxygen atoms in total. The summed E-state index contributed by atoms with van der Waals surface area (Å²) in [5.74, 6) is 1.21. The molecule has 0 saturated heterocycles. The van der Waals surface area contributed by atoms with Crippen molar-refractivity contribution in [2.75, 3.05) is 0 Å². The Hall–Kier alpha value is -1.97. The Bertz CT molecular complexity index is 699. The van der Waals surface area contributed by atoms with E-state index in [1.165, 1.54) is 17.8 Å². The first kappa shape index (κ1) is 8.21. The number of hydrogen-bond acceptors (Lipinski definition) is 3. The van der Waals surface area contributed by atoms with Crippen molar-refractivity contribution < 1.29 is 0 Å². The molecule has 2 aromatic heterocycles. The summed E-state index contributed by atoms with van der Waals surface area (Å²) in [7, 11) is 0. The molecule has 78 valence electrons. The molecule has 0 radical (unpaired) electrons. The van der Waals surface area contributed by atoms with Crippen LogP contribution in [-0.2, 0) is 13.0 Å². The zero-order chi connectivity index (χ0) is 10.5. The van der Waals surface area contributed by atoms with E-state index in [-0.39, 0.29) is 0 Å². The van der Waals surface area contributed by atoms with Crippen molar-refractivity contribution in [2.24, 2.45) is 0 Å². The maximum Gasteiger partial charge on any atom is 0.116 e. The van der Waals surface area contributed by atoms with Gasteiger partial charge in [0.1, 0.15) is 12.2 Å².